The van der Waals surface area contributed by atoms with Gasteiger partial charge >= 0.3 is 29.6 Å². The van der Waals surface area contributed by atoms with Crippen molar-refractivity contribution in [2.45, 2.75) is 13.8 Å². The summed E-state index contributed by atoms with van der Waals surface area (Å²) in [5.74, 6) is 0. The summed E-state index contributed by atoms with van der Waals surface area (Å²) in [6.45, 7) is 0.583. The first-order chi connectivity index (χ1) is 7.52. The second-order valence-electron chi connectivity index (χ2n) is 2.64. The van der Waals surface area contributed by atoms with Gasteiger partial charge in [-0.05, 0) is 12.1 Å². The summed E-state index contributed by atoms with van der Waals surface area (Å²) in [4.78, 5) is 23.6. The largest absolute Gasteiger partial charge is 1.00 e. The zero-order valence-electron chi connectivity index (χ0n) is 10.5. The zero-order valence-corrected chi connectivity index (χ0v) is 13.2. The van der Waals surface area contributed by atoms with Gasteiger partial charge in [0.1, 0.15) is 0 Å². The maximum Gasteiger partial charge on any atom is 1.00 e. The molecule has 18 heavy (non-hydrogen) atoms. The Balaban J connectivity index is -0.000000144. The minimum Gasteiger partial charge on any atom is -1.00 e. The number of aromatic nitrogens is 1. The number of hydrogen-bond donors (Lipinski definition) is 4. The van der Waals surface area contributed by atoms with E-state index in [0.29, 0.717) is 6.54 Å². The molecular weight excluding hydrogens is 281 g/mol. The van der Waals surface area contributed by atoms with Gasteiger partial charge in [-0.15, -0.1) is 0 Å². The van der Waals surface area contributed by atoms with E-state index < -0.39 is 5.24 Å². The summed E-state index contributed by atoms with van der Waals surface area (Å²) >= 11 is 6.68. The van der Waals surface area contributed by atoms with Crippen LogP contribution >= 0.6 is 25.3 Å². The number of nitrogens with zero attached hydrogens (tertiary/aromatic N) is 1. The Morgan fingerprint density at radius 2 is 1.94 bits per heavy atom. The maximum atomic E-state index is 10.4. The molecule has 2 amide bonds. The van der Waals surface area contributed by atoms with Gasteiger partial charge in [-0.1, -0.05) is 38.8 Å². The monoisotopic (exact) mass is 299 g/mol. The number of pyridine rings is 1. The summed E-state index contributed by atoms with van der Waals surface area (Å²) in [6, 6.07) is 5.70. The van der Waals surface area contributed by atoms with Crippen molar-refractivity contribution >= 4 is 35.7 Å². The summed E-state index contributed by atoms with van der Waals surface area (Å²) in [6.07, 6.45) is 2.48. The first-order valence-electron chi connectivity index (χ1n) is 4.37. The molecule has 98 valence electrons. The molecule has 1 heterocycles. The standard InChI is InChI=1S/C8H10N2OS.CH3NOS.CH4.Na.H/c11-8(12)10-6-4-7-3-1-2-5-9-7;2-1(3)4;;;/h1-3,5H,4,6H2,(H2,10,11,12);(H3,2,3,4);1H4;;/q;;;+1;-1. The number of amides is 2. The minimum absolute atomic E-state index is 0. The second-order valence-corrected chi connectivity index (χ2v) is 3.49. The Bertz CT molecular complexity index is 341. The molecule has 0 aliphatic heterocycles. The molecule has 0 atom stereocenters. The summed E-state index contributed by atoms with van der Waals surface area (Å²) in [5, 5.41) is 1.64. The minimum atomic E-state index is -0.639. The van der Waals surface area contributed by atoms with E-state index in [4.69, 9.17) is 4.79 Å². The fourth-order valence-corrected chi connectivity index (χ4v) is 0.955. The fourth-order valence-electron chi connectivity index (χ4n) is 0.844. The van der Waals surface area contributed by atoms with Crippen LogP contribution in [0, 0.1) is 0 Å². The number of carbonyl (C=O) groups excluding carboxylic acids is 2. The van der Waals surface area contributed by atoms with E-state index in [0.717, 1.165) is 12.1 Å². The SMILES string of the molecule is C.NC(=O)S.O=C(S)NCCc1ccccn1.[H-].[Na+]. The van der Waals surface area contributed by atoms with Crippen LogP contribution in [0.25, 0.3) is 0 Å². The van der Waals surface area contributed by atoms with E-state index in [2.05, 4.69) is 41.3 Å². The molecule has 0 bridgehead atoms. The van der Waals surface area contributed by atoms with Gasteiger partial charge in [0, 0.05) is 24.9 Å². The molecule has 0 fully saturated rings. The van der Waals surface area contributed by atoms with E-state index in [1.807, 2.05) is 18.2 Å². The van der Waals surface area contributed by atoms with Crippen LogP contribution in [-0.2, 0) is 6.42 Å². The number of hydrogen-bond acceptors (Lipinski definition) is 3. The van der Waals surface area contributed by atoms with Crippen LogP contribution in [0.15, 0.2) is 24.4 Å². The predicted octanol–water partition coefficient (Wildman–Crippen LogP) is -0.989. The molecule has 0 radical (unpaired) electrons. The molecule has 5 nitrogen and oxygen atoms in total. The van der Waals surface area contributed by atoms with E-state index in [-0.39, 0.29) is 43.6 Å². The van der Waals surface area contributed by atoms with Crippen molar-refractivity contribution in [1.82, 2.24) is 10.3 Å². The average molecular weight is 299 g/mol. The molecule has 8 heteroatoms. The van der Waals surface area contributed by atoms with Crippen LogP contribution in [0.3, 0.4) is 0 Å². The molecule has 0 saturated heterocycles. The molecule has 1 aromatic heterocycles. The molecular formula is C10H18N3NaO2S2. The molecule has 3 N–H and O–H groups in total. The maximum absolute atomic E-state index is 10.4. The van der Waals surface area contributed by atoms with E-state index in [1.165, 1.54) is 0 Å². The Morgan fingerprint density at radius 3 is 2.33 bits per heavy atom. The Labute approximate surface area is 142 Å². The normalized spacial score (nSPS) is 7.67. The third-order valence-corrected chi connectivity index (χ3v) is 1.54. The van der Waals surface area contributed by atoms with Gasteiger partial charge in [-0.25, -0.2) is 0 Å². The molecule has 1 rings (SSSR count). The molecule has 0 unspecified atom stereocenters. The third-order valence-electron chi connectivity index (χ3n) is 1.38. The van der Waals surface area contributed by atoms with Gasteiger partial charge in [0.2, 0.25) is 0 Å². The zero-order chi connectivity index (χ0) is 12.4. The van der Waals surface area contributed by atoms with Gasteiger partial charge in [-0.3, -0.25) is 14.6 Å². The van der Waals surface area contributed by atoms with Gasteiger partial charge in [0.15, 0.2) is 0 Å². The van der Waals surface area contributed by atoms with Crippen LogP contribution in [-0.4, -0.2) is 22.0 Å². The van der Waals surface area contributed by atoms with Crippen LogP contribution in [0.4, 0.5) is 9.59 Å². The number of thiol groups is 2. The summed E-state index contributed by atoms with van der Waals surface area (Å²) < 4.78 is 0. The van der Waals surface area contributed by atoms with Crippen molar-refractivity contribution in [3.63, 3.8) is 0 Å². The van der Waals surface area contributed by atoms with E-state index in [1.54, 1.807) is 6.20 Å². The quantitative estimate of drug-likeness (QED) is 0.427. The van der Waals surface area contributed by atoms with E-state index in [9.17, 15) is 4.79 Å². The van der Waals surface area contributed by atoms with Crippen molar-refractivity contribution in [3.05, 3.63) is 30.1 Å². The first-order valence-corrected chi connectivity index (χ1v) is 5.27. The Kier molecular flexibility index (Phi) is 18.9. The molecule has 0 saturated carbocycles. The summed E-state index contributed by atoms with van der Waals surface area (Å²) in [7, 11) is 0. The molecule has 0 spiro atoms. The van der Waals surface area contributed by atoms with Crippen LogP contribution in [0.5, 0.6) is 0 Å². The predicted molar refractivity (Wildman–Crippen MR) is 76.7 cm³/mol. The van der Waals surface area contributed by atoms with Gasteiger partial charge in [0.05, 0.1) is 0 Å². The van der Waals surface area contributed by atoms with Gasteiger partial charge in [0.25, 0.3) is 10.5 Å². The van der Waals surface area contributed by atoms with Crippen molar-refractivity contribution < 1.29 is 40.6 Å². The van der Waals surface area contributed by atoms with Crippen LogP contribution < -0.4 is 40.6 Å². The van der Waals surface area contributed by atoms with Crippen molar-refractivity contribution in [1.29, 1.82) is 0 Å². The molecule has 0 aromatic carbocycles. The van der Waals surface area contributed by atoms with Gasteiger partial charge < -0.3 is 12.5 Å². The number of nitrogens with two attached hydrogens (primary N) is 1. The van der Waals surface area contributed by atoms with Crippen LogP contribution in [0.1, 0.15) is 14.5 Å². The molecule has 0 aliphatic rings. The fraction of sp³-hybridized carbons (Fsp3) is 0.300. The summed E-state index contributed by atoms with van der Waals surface area (Å²) in [5.41, 5.74) is 5.31. The Hall–Kier alpha value is -0.210. The second kappa shape index (κ2) is 14.8. The van der Waals surface area contributed by atoms with Gasteiger partial charge in [-0.2, -0.15) is 0 Å². The first kappa shape index (κ1) is 22.9. The van der Waals surface area contributed by atoms with Crippen molar-refractivity contribution in [2.75, 3.05) is 6.54 Å². The van der Waals surface area contributed by atoms with Crippen molar-refractivity contribution in [2.24, 2.45) is 5.73 Å². The van der Waals surface area contributed by atoms with Crippen molar-refractivity contribution in [3.8, 4) is 0 Å². The Morgan fingerprint density at radius 1 is 1.39 bits per heavy atom. The number of nitrogens with one attached hydrogen (secondary N) is 1. The number of carbonyl (C=O) groups is 2. The van der Waals surface area contributed by atoms with Crippen LogP contribution in [0.2, 0.25) is 0 Å². The van der Waals surface area contributed by atoms with E-state index >= 15 is 0 Å². The number of rotatable bonds is 3. The smallest absolute Gasteiger partial charge is 1.00 e. The third kappa shape index (κ3) is 18.2. The topological polar surface area (TPSA) is 85.1 Å². The average Bonchev–Trinajstić information content (AvgIpc) is 2.18. The molecule has 1 aromatic rings. The molecule has 0 aliphatic carbocycles. The number of primary amides is 1.